The molecule has 2 aliphatic carbocycles. The second kappa shape index (κ2) is 11.3. The number of hydrogen-bond acceptors (Lipinski definition) is 3. The number of aromatic nitrogens is 1. The lowest BCUT2D eigenvalue weighted by atomic mass is 9.87. The van der Waals surface area contributed by atoms with Crippen molar-refractivity contribution in [1.82, 2.24) is 9.88 Å². The van der Waals surface area contributed by atoms with Crippen molar-refractivity contribution in [2.75, 3.05) is 13.7 Å². The number of ether oxygens (including phenoxy) is 1. The van der Waals surface area contributed by atoms with Gasteiger partial charge in [0.05, 0.1) is 18.7 Å². The molecule has 2 aromatic carbocycles. The van der Waals surface area contributed by atoms with E-state index in [1.54, 1.807) is 7.11 Å². The predicted molar refractivity (Wildman–Crippen MR) is 143 cm³/mol. The van der Waals surface area contributed by atoms with Crippen molar-refractivity contribution in [3.8, 4) is 11.8 Å². The molecule has 0 bridgehead atoms. The van der Waals surface area contributed by atoms with Crippen LogP contribution in [0.2, 0.25) is 0 Å². The third-order valence-electron chi connectivity index (χ3n) is 8.30. The van der Waals surface area contributed by atoms with E-state index < -0.39 is 0 Å². The molecule has 184 valence electrons. The van der Waals surface area contributed by atoms with Crippen LogP contribution in [0.1, 0.15) is 99.3 Å². The topological polar surface area (TPSA) is 50.0 Å². The summed E-state index contributed by atoms with van der Waals surface area (Å²) in [6.07, 6.45) is 16.6. The van der Waals surface area contributed by atoms with Gasteiger partial charge in [0.25, 0.3) is 0 Å². The van der Waals surface area contributed by atoms with E-state index in [2.05, 4.69) is 52.5 Å². The molecular weight excluding hydrogens is 430 g/mol. The van der Waals surface area contributed by atoms with E-state index in [1.165, 1.54) is 86.2 Å². The molecule has 4 nitrogen and oxygen atoms in total. The van der Waals surface area contributed by atoms with E-state index in [9.17, 15) is 5.26 Å². The predicted octanol–water partition coefficient (Wildman–Crippen LogP) is 7.47. The van der Waals surface area contributed by atoms with Gasteiger partial charge in [-0.2, -0.15) is 5.26 Å². The number of hydrogen-bond donors (Lipinski definition) is 1. The van der Waals surface area contributed by atoms with E-state index in [1.807, 2.05) is 12.1 Å². The van der Waals surface area contributed by atoms with Crippen molar-refractivity contribution < 1.29 is 4.74 Å². The van der Waals surface area contributed by atoms with Crippen molar-refractivity contribution >= 4 is 10.9 Å². The third kappa shape index (κ3) is 5.41. The van der Waals surface area contributed by atoms with Gasteiger partial charge in [-0.1, -0.05) is 50.7 Å². The number of benzene rings is 2. The summed E-state index contributed by atoms with van der Waals surface area (Å²) in [6, 6.07) is 18.4. The molecule has 1 aromatic heterocycles. The molecule has 5 rings (SSSR count). The van der Waals surface area contributed by atoms with E-state index in [4.69, 9.17) is 4.74 Å². The first-order valence-electron chi connectivity index (χ1n) is 13.7. The molecule has 2 fully saturated rings. The zero-order chi connectivity index (χ0) is 24.0. The Hall–Kier alpha value is -2.77. The van der Waals surface area contributed by atoms with Gasteiger partial charge in [-0.25, -0.2) is 0 Å². The van der Waals surface area contributed by atoms with Gasteiger partial charge in [0.15, 0.2) is 0 Å². The second-order valence-corrected chi connectivity index (χ2v) is 10.5. The zero-order valence-corrected chi connectivity index (χ0v) is 21.1. The summed E-state index contributed by atoms with van der Waals surface area (Å²) in [5.74, 6) is 1.16. The van der Waals surface area contributed by atoms with Crippen LogP contribution in [0.15, 0.2) is 48.7 Å². The molecule has 0 aliphatic heterocycles. The average Bonchev–Trinajstić information content (AvgIpc) is 3.30. The van der Waals surface area contributed by atoms with Crippen molar-refractivity contribution in [1.29, 1.82) is 5.26 Å². The van der Waals surface area contributed by atoms with Crippen LogP contribution in [-0.4, -0.2) is 24.3 Å². The second-order valence-electron chi connectivity index (χ2n) is 10.5. The van der Waals surface area contributed by atoms with Crippen molar-refractivity contribution in [3.63, 3.8) is 0 Å². The molecule has 0 radical (unpaired) electrons. The highest BCUT2D eigenvalue weighted by molar-refractivity contribution is 5.86. The number of methoxy groups -OCH3 is 1. The molecule has 0 spiro atoms. The number of rotatable bonds is 8. The highest BCUT2D eigenvalue weighted by Crippen LogP contribution is 2.40. The Balaban J connectivity index is 1.53. The summed E-state index contributed by atoms with van der Waals surface area (Å²) in [5, 5.41) is 14.8. The van der Waals surface area contributed by atoms with Gasteiger partial charge in [-0.05, 0) is 80.1 Å². The lowest BCUT2D eigenvalue weighted by molar-refractivity contribution is 0.359. The number of nitriles is 1. The summed E-state index contributed by atoms with van der Waals surface area (Å²) < 4.78 is 8.14. The highest BCUT2D eigenvalue weighted by Gasteiger charge is 2.25. The fourth-order valence-electron chi connectivity index (χ4n) is 6.39. The van der Waals surface area contributed by atoms with Gasteiger partial charge < -0.3 is 14.6 Å². The number of nitrogens with zero attached hydrogens (tertiary/aromatic N) is 2. The molecule has 1 unspecified atom stereocenters. The van der Waals surface area contributed by atoms with Gasteiger partial charge in [0.2, 0.25) is 0 Å². The Bertz CT molecular complexity index is 1160. The molecule has 0 saturated heterocycles. The number of nitrogens with one attached hydrogen (secondary N) is 1. The van der Waals surface area contributed by atoms with Crippen LogP contribution < -0.4 is 10.1 Å². The number of fused-ring (bicyclic) bond motifs is 1. The Labute approximate surface area is 210 Å². The Morgan fingerprint density at radius 2 is 1.77 bits per heavy atom. The SMILES string of the molecule is COc1cccc(C(CCNC2CCCCC2)c2cn(C3CCCCC3)c3ccc(C#N)cc23)c1. The largest absolute Gasteiger partial charge is 0.497 e. The molecule has 1 heterocycles. The summed E-state index contributed by atoms with van der Waals surface area (Å²) in [4.78, 5) is 0. The first kappa shape index (κ1) is 23.9. The van der Waals surface area contributed by atoms with Crippen LogP contribution in [0.5, 0.6) is 5.75 Å². The molecule has 4 heteroatoms. The van der Waals surface area contributed by atoms with Crippen molar-refractivity contribution in [2.45, 2.75) is 88.6 Å². The van der Waals surface area contributed by atoms with Crippen LogP contribution in [-0.2, 0) is 0 Å². The average molecular weight is 470 g/mol. The van der Waals surface area contributed by atoms with Crippen molar-refractivity contribution in [3.05, 3.63) is 65.4 Å². The lowest BCUT2D eigenvalue weighted by Crippen LogP contribution is -2.32. The minimum Gasteiger partial charge on any atom is -0.497 e. The molecule has 0 amide bonds. The minimum absolute atomic E-state index is 0.252. The smallest absolute Gasteiger partial charge is 0.119 e. The first-order chi connectivity index (χ1) is 17.3. The van der Waals surface area contributed by atoms with Gasteiger partial charge in [0, 0.05) is 35.1 Å². The van der Waals surface area contributed by atoms with Crippen LogP contribution in [0.25, 0.3) is 10.9 Å². The fourth-order valence-corrected chi connectivity index (χ4v) is 6.39. The molecule has 2 aliphatic rings. The molecule has 1 atom stereocenters. The molecule has 35 heavy (non-hydrogen) atoms. The van der Waals surface area contributed by atoms with E-state index in [0.717, 1.165) is 24.3 Å². The monoisotopic (exact) mass is 469 g/mol. The molecular formula is C31H39N3O. The van der Waals surface area contributed by atoms with Gasteiger partial charge in [0.1, 0.15) is 5.75 Å². The Morgan fingerprint density at radius 1 is 1.00 bits per heavy atom. The Kier molecular flexibility index (Phi) is 7.74. The van der Waals surface area contributed by atoms with E-state index in [-0.39, 0.29) is 5.92 Å². The van der Waals surface area contributed by atoms with E-state index >= 15 is 0 Å². The van der Waals surface area contributed by atoms with Gasteiger partial charge in [-0.15, -0.1) is 0 Å². The zero-order valence-electron chi connectivity index (χ0n) is 21.1. The standard InChI is InChI=1S/C31H39N3O/c1-35-27-14-8-9-24(20-27)28(17-18-33-25-10-4-2-5-11-25)30-22-34(26-12-6-3-7-13-26)31-16-15-23(21-32)19-29(30)31/h8-9,14-16,19-20,22,25-26,28,33H,2-7,10-13,17-18H2,1H3. The van der Waals surface area contributed by atoms with Gasteiger partial charge in [-0.3, -0.25) is 0 Å². The molecule has 3 aromatic rings. The van der Waals surface area contributed by atoms with Crippen LogP contribution in [0.4, 0.5) is 0 Å². The maximum absolute atomic E-state index is 9.67. The van der Waals surface area contributed by atoms with Crippen LogP contribution >= 0.6 is 0 Å². The third-order valence-corrected chi connectivity index (χ3v) is 8.30. The summed E-state index contributed by atoms with van der Waals surface area (Å²) >= 11 is 0. The van der Waals surface area contributed by atoms with Crippen LogP contribution in [0, 0.1) is 11.3 Å². The first-order valence-corrected chi connectivity index (χ1v) is 13.7. The maximum atomic E-state index is 9.67. The minimum atomic E-state index is 0.252. The quantitative estimate of drug-likeness (QED) is 0.372. The summed E-state index contributed by atoms with van der Waals surface area (Å²) in [7, 11) is 1.74. The lowest BCUT2D eigenvalue weighted by Gasteiger charge is -2.25. The molecule has 1 N–H and O–H groups in total. The normalized spacial score (nSPS) is 18.4. The Morgan fingerprint density at radius 3 is 2.51 bits per heavy atom. The van der Waals surface area contributed by atoms with Crippen molar-refractivity contribution in [2.24, 2.45) is 0 Å². The summed E-state index contributed by atoms with van der Waals surface area (Å²) in [6.45, 7) is 1.00. The highest BCUT2D eigenvalue weighted by atomic mass is 16.5. The fraction of sp³-hybridized carbons (Fsp3) is 0.516. The van der Waals surface area contributed by atoms with E-state index in [0.29, 0.717) is 12.1 Å². The summed E-state index contributed by atoms with van der Waals surface area (Å²) in [5.41, 5.74) is 4.66. The maximum Gasteiger partial charge on any atom is 0.119 e. The van der Waals surface area contributed by atoms with Crippen LogP contribution in [0.3, 0.4) is 0 Å². The van der Waals surface area contributed by atoms with Gasteiger partial charge >= 0.3 is 0 Å². The molecule has 2 saturated carbocycles.